The highest BCUT2D eigenvalue weighted by molar-refractivity contribution is 6.30. The van der Waals surface area contributed by atoms with Gasteiger partial charge in [0.2, 0.25) is 0 Å². The molecule has 0 aliphatic heterocycles. The van der Waals surface area contributed by atoms with Gasteiger partial charge in [-0.15, -0.1) is 0 Å². The molecule has 0 bridgehead atoms. The van der Waals surface area contributed by atoms with Crippen LogP contribution in [0.15, 0.2) is 53.6 Å². The third-order valence-corrected chi connectivity index (χ3v) is 3.92. The van der Waals surface area contributed by atoms with E-state index in [-0.39, 0.29) is 12.5 Å². The van der Waals surface area contributed by atoms with Gasteiger partial charge in [0.15, 0.2) is 6.61 Å². The van der Waals surface area contributed by atoms with Gasteiger partial charge in [-0.1, -0.05) is 49.7 Å². The van der Waals surface area contributed by atoms with Crippen LogP contribution in [0.5, 0.6) is 5.75 Å². The Hall–Kier alpha value is -2.33. The van der Waals surface area contributed by atoms with E-state index in [1.54, 1.807) is 12.1 Å². The second kappa shape index (κ2) is 9.08. The summed E-state index contributed by atoms with van der Waals surface area (Å²) in [6.07, 6.45) is 2.62. The molecule has 2 rings (SSSR count). The van der Waals surface area contributed by atoms with E-state index in [1.807, 2.05) is 36.4 Å². The smallest absolute Gasteiger partial charge is 0.277 e. The second-order valence-corrected chi connectivity index (χ2v) is 5.95. The Bertz CT molecular complexity index is 699. The number of hydrazone groups is 1. The van der Waals surface area contributed by atoms with Gasteiger partial charge < -0.3 is 4.74 Å². The maximum atomic E-state index is 11.7. The molecule has 126 valence electrons. The zero-order valence-electron chi connectivity index (χ0n) is 13.8. The predicted octanol–water partition coefficient (Wildman–Crippen LogP) is 4.38. The molecule has 0 heterocycles. The largest absolute Gasteiger partial charge is 0.484 e. The Morgan fingerprint density at radius 1 is 1.29 bits per heavy atom. The summed E-state index contributed by atoms with van der Waals surface area (Å²) in [7, 11) is 0. The van der Waals surface area contributed by atoms with Crippen molar-refractivity contribution in [2.45, 2.75) is 26.2 Å². The first kappa shape index (κ1) is 18.0. The zero-order valence-corrected chi connectivity index (χ0v) is 14.6. The molecule has 0 saturated carbocycles. The van der Waals surface area contributed by atoms with Crippen LogP contribution >= 0.6 is 11.6 Å². The van der Waals surface area contributed by atoms with Gasteiger partial charge >= 0.3 is 0 Å². The van der Waals surface area contributed by atoms with Crippen LogP contribution in [0.1, 0.15) is 37.3 Å². The third-order valence-electron chi connectivity index (χ3n) is 3.68. The number of rotatable bonds is 7. The number of ether oxygens (including phenoxy) is 1. The van der Waals surface area contributed by atoms with Crippen molar-refractivity contribution in [3.8, 4) is 5.75 Å². The van der Waals surface area contributed by atoms with Gasteiger partial charge in [0, 0.05) is 5.02 Å². The van der Waals surface area contributed by atoms with Gasteiger partial charge in [-0.2, -0.15) is 5.10 Å². The van der Waals surface area contributed by atoms with Crippen LogP contribution < -0.4 is 10.2 Å². The van der Waals surface area contributed by atoms with E-state index in [0.717, 1.165) is 12.0 Å². The minimum Gasteiger partial charge on any atom is -0.484 e. The maximum Gasteiger partial charge on any atom is 0.277 e. The van der Waals surface area contributed by atoms with E-state index in [9.17, 15) is 4.79 Å². The van der Waals surface area contributed by atoms with E-state index >= 15 is 0 Å². The molecule has 2 aromatic rings. The van der Waals surface area contributed by atoms with E-state index in [0.29, 0.717) is 16.7 Å². The molecular formula is C19H21ClN2O2. The Morgan fingerprint density at radius 2 is 2.04 bits per heavy atom. The molecule has 0 aliphatic rings. The molecule has 0 fully saturated rings. The Morgan fingerprint density at radius 3 is 2.71 bits per heavy atom. The number of hydrogen-bond acceptors (Lipinski definition) is 3. The standard InChI is InChI=1S/C19H21ClN2O2/c1-3-14(2)16-7-9-18(10-8-16)24-13-19(23)22-21-12-15-5-4-6-17(20)11-15/h4-12,14H,3,13H2,1-2H3,(H,22,23). The average molecular weight is 345 g/mol. The van der Waals surface area contributed by atoms with E-state index in [1.165, 1.54) is 11.8 Å². The Balaban J connectivity index is 1.78. The SMILES string of the molecule is CCC(C)c1ccc(OCC(=O)NN=Cc2cccc(Cl)c2)cc1. The number of halogens is 1. The Labute approximate surface area is 147 Å². The van der Waals surface area contributed by atoms with Crippen molar-refractivity contribution in [3.05, 3.63) is 64.7 Å². The highest BCUT2D eigenvalue weighted by Crippen LogP contribution is 2.21. The summed E-state index contributed by atoms with van der Waals surface area (Å²) in [4.78, 5) is 11.7. The van der Waals surface area contributed by atoms with Crippen molar-refractivity contribution in [3.63, 3.8) is 0 Å². The summed E-state index contributed by atoms with van der Waals surface area (Å²) in [6, 6.07) is 15.0. The van der Waals surface area contributed by atoms with Gasteiger partial charge in [0.1, 0.15) is 5.75 Å². The lowest BCUT2D eigenvalue weighted by Crippen LogP contribution is -2.24. The quantitative estimate of drug-likeness (QED) is 0.598. The molecule has 24 heavy (non-hydrogen) atoms. The molecule has 4 nitrogen and oxygen atoms in total. The van der Waals surface area contributed by atoms with Crippen LogP contribution in [0.3, 0.4) is 0 Å². The molecule has 0 saturated heterocycles. The second-order valence-electron chi connectivity index (χ2n) is 5.52. The van der Waals surface area contributed by atoms with Crippen molar-refractivity contribution in [1.29, 1.82) is 0 Å². The minimum atomic E-state index is -0.320. The lowest BCUT2D eigenvalue weighted by atomic mass is 9.99. The molecular weight excluding hydrogens is 324 g/mol. The fourth-order valence-electron chi connectivity index (χ4n) is 2.08. The van der Waals surface area contributed by atoms with Crippen molar-refractivity contribution >= 4 is 23.7 Å². The van der Waals surface area contributed by atoms with Crippen molar-refractivity contribution in [2.75, 3.05) is 6.61 Å². The highest BCUT2D eigenvalue weighted by Gasteiger charge is 2.04. The van der Waals surface area contributed by atoms with Crippen molar-refractivity contribution < 1.29 is 9.53 Å². The minimum absolute atomic E-state index is 0.0877. The number of amides is 1. The fraction of sp³-hybridized carbons (Fsp3) is 0.263. The van der Waals surface area contributed by atoms with E-state index in [4.69, 9.17) is 16.3 Å². The molecule has 0 radical (unpaired) electrons. The summed E-state index contributed by atoms with van der Waals surface area (Å²) in [5.74, 6) is 0.860. The van der Waals surface area contributed by atoms with Gasteiger partial charge in [-0.25, -0.2) is 5.43 Å². The fourth-order valence-corrected chi connectivity index (χ4v) is 2.27. The van der Waals surface area contributed by atoms with Crippen LogP contribution in [0.4, 0.5) is 0 Å². The number of nitrogens with zero attached hydrogens (tertiary/aromatic N) is 1. The van der Waals surface area contributed by atoms with Crippen molar-refractivity contribution in [1.82, 2.24) is 5.43 Å². The highest BCUT2D eigenvalue weighted by atomic mass is 35.5. The topological polar surface area (TPSA) is 50.7 Å². The molecule has 1 atom stereocenters. The number of hydrogen-bond donors (Lipinski definition) is 1. The zero-order chi connectivity index (χ0) is 17.4. The van der Waals surface area contributed by atoms with Crippen LogP contribution in [-0.4, -0.2) is 18.7 Å². The number of carbonyl (C=O) groups is 1. The number of nitrogens with one attached hydrogen (secondary N) is 1. The van der Waals surface area contributed by atoms with Crippen LogP contribution in [0.25, 0.3) is 0 Å². The first-order chi connectivity index (χ1) is 11.6. The van der Waals surface area contributed by atoms with Crippen molar-refractivity contribution in [2.24, 2.45) is 5.10 Å². The molecule has 1 amide bonds. The normalized spacial score (nSPS) is 12.1. The number of carbonyl (C=O) groups excluding carboxylic acids is 1. The lowest BCUT2D eigenvalue weighted by molar-refractivity contribution is -0.123. The molecule has 0 aliphatic carbocycles. The van der Waals surface area contributed by atoms with Gasteiger partial charge in [0.25, 0.3) is 5.91 Å². The van der Waals surface area contributed by atoms with Crippen LogP contribution in [0, 0.1) is 0 Å². The maximum absolute atomic E-state index is 11.7. The molecule has 1 unspecified atom stereocenters. The van der Waals surface area contributed by atoms with Crippen LogP contribution in [-0.2, 0) is 4.79 Å². The molecule has 2 aromatic carbocycles. The summed E-state index contributed by atoms with van der Waals surface area (Å²) < 4.78 is 5.45. The van der Waals surface area contributed by atoms with Gasteiger partial charge in [-0.3, -0.25) is 4.79 Å². The van der Waals surface area contributed by atoms with E-state index < -0.39 is 0 Å². The van der Waals surface area contributed by atoms with Gasteiger partial charge in [0.05, 0.1) is 6.21 Å². The molecule has 5 heteroatoms. The monoisotopic (exact) mass is 344 g/mol. The summed E-state index contributed by atoms with van der Waals surface area (Å²) in [5.41, 5.74) is 4.50. The number of benzene rings is 2. The first-order valence-electron chi connectivity index (χ1n) is 7.88. The summed E-state index contributed by atoms with van der Waals surface area (Å²) >= 11 is 5.87. The average Bonchev–Trinajstić information content (AvgIpc) is 2.60. The molecule has 0 spiro atoms. The molecule has 1 N–H and O–H groups in total. The summed E-state index contributed by atoms with van der Waals surface area (Å²) in [6.45, 7) is 4.25. The molecule has 0 aromatic heterocycles. The third kappa shape index (κ3) is 5.70. The van der Waals surface area contributed by atoms with Gasteiger partial charge in [-0.05, 0) is 47.7 Å². The first-order valence-corrected chi connectivity index (χ1v) is 8.26. The van der Waals surface area contributed by atoms with E-state index in [2.05, 4.69) is 24.4 Å². The summed E-state index contributed by atoms with van der Waals surface area (Å²) in [5, 5.41) is 4.50. The van der Waals surface area contributed by atoms with Crippen LogP contribution in [0.2, 0.25) is 5.02 Å². The lowest BCUT2D eigenvalue weighted by Gasteiger charge is -2.10. The predicted molar refractivity (Wildman–Crippen MR) is 97.8 cm³/mol. The Kier molecular flexibility index (Phi) is 6.82.